The minimum Gasteiger partial charge on any atom is -0.351 e. The fourth-order valence-corrected chi connectivity index (χ4v) is 1.39. The van der Waals surface area contributed by atoms with Gasteiger partial charge >= 0.3 is 0 Å². The van der Waals surface area contributed by atoms with Crippen LogP contribution in [0.5, 0.6) is 0 Å². The first kappa shape index (κ1) is 14.5. The Hall–Kier alpha value is -0.480. The molecule has 0 heterocycles. The highest BCUT2D eigenvalue weighted by atomic mass is 32.2. The number of rotatable bonds is 8. The Bertz CT molecular complexity index is 197. The van der Waals surface area contributed by atoms with Gasteiger partial charge in [0.25, 0.3) is 0 Å². The molecule has 2 N–H and O–H groups in total. The molecule has 0 bridgehead atoms. The normalized spacial score (nSPS) is 14.3. The molecule has 0 fully saturated rings. The van der Waals surface area contributed by atoms with Crippen LogP contribution < -0.4 is 10.6 Å². The molecule has 0 rings (SSSR count). The predicted molar refractivity (Wildman–Crippen MR) is 68.3 cm³/mol. The van der Waals surface area contributed by atoms with E-state index in [1.165, 1.54) is 0 Å². The minimum absolute atomic E-state index is 0.0340. The number of hydrogen-bond donors (Lipinski definition) is 2. The topological polar surface area (TPSA) is 41.1 Å². The Kier molecular flexibility index (Phi) is 8.52. The summed E-state index contributed by atoms with van der Waals surface area (Å²) in [6.45, 7) is 9.03. The molecular weight excluding hydrogens is 208 g/mol. The molecule has 0 aliphatic rings. The summed E-state index contributed by atoms with van der Waals surface area (Å²) in [6, 6.07) is -0.126. The molecule has 0 aromatic rings. The second-order valence-electron chi connectivity index (χ2n) is 3.54. The van der Waals surface area contributed by atoms with E-state index in [4.69, 9.17) is 0 Å². The van der Waals surface area contributed by atoms with Crippen molar-refractivity contribution < 1.29 is 4.79 Å². The summed E-state index contributed by atoms with van der Waals surface area (Å²) in [7, 11) is 0. The van der Waals surface area contributed by atoms with Crippen molar-refractivity contribution in [3.63, 3.8) is 0 Å². The van der Waals surface area contributed by atoms with Gasteiger partial charge in [-0.15, -0.1) is 6.58 Å². The average molecular weight is 230 g/mol. The van der Waals surface area contributed by atoms with Crippen molar-refractivity contribution in [2.45, 2.75) is 31.6 Å². The van der Waals surface area contributed by atoms with Gasteiger partial charge in [0.05, 0.1) is 6.04 Å². The summed E-state index contributed by atoms with van der Waals surface area (Å²) in [6.07, 6.45) is 4.87. The summed E-state index contributed by atoms with van der Waals surface area (Å²) in [5, 5.41) is 6.60. The molecule has 0 aromatic carbocycles. The van der Waals surface area contributed by atoms with E-state index in [-0.39, 0.29) is 11.9 Å². The van der Waals surface area contributed by atoms with Gasteiger partial charge in [0, 0.05) is 11.8 Å². The van der Waals surface area contributed by atoms with Crippen LogP contribution >= 0.6 is 11.8 Å². The quantitative estimate of drug-likeness (QED) is 0.619. The summed E-state index contributed by atoms with van der Waals surface area (Å²) < 4.78 is 0. The van der Waals surface area contributed by atoms with Crippen LogP contribution in [0.25, 0.3) is 0 Å². The van der Waals surface area contributed by atoms with E-state index in [9.17, 15) is 4.79 Å². The van der Waals surface area contributed by atoms with Crippen molar-refractivity contribution >= 4 is 17.7 Å². The fraction of sp³-hybridized carbons (Fsp3) is 0.727. The first-order chi connectivity index (χ1) is 7.11. The van der Waals surface area contributed by atoms with Crippen LogP contribution in [0.2, 0.25) is 0 Å². The van der Waals surface area contributed by atoms with Gasteiger partial charge in [-0.1, -0.05) is 13.0 Å². The van der Waals surface area contributed by atoms with Gasteiger partial charge in [0.15, 0.2) is 0 Å². The van der Waals surface area contributed by atoms with E-state index < -0.39 is 0 Å². The Morgan fingerprint density at radius 2 is 2.20 bits per heavy atom. The molecule has 0 saturated carbocycles. The molecule has 2 unspecified atom stereocenters. The van der Waals surface area contributed by atoms with Crippen LogP contribution in [0.3, 0.4) is 0 Å². The second kappa shape index (κ2) is 8.80. The van der Waals surface area contributed by atoms with Gasteiger partial charge in [-0.05, 0) is 26.1 Å². The van der Waals surface area contributed by atoms with Crippen molar-refractivity contribution in [2.75, 3.05) is 19.3 Å². The predicted octanol–water partition coefficient (Wildman–Crippen LogP) is 1.41. The highest BCUT2D eigenvalue weighted by molar-refractivity contribution is 7.99. The number of carbonyl (C=O) groups is 1. The molecule has 15 heavy (non-hydrogen) atoms. The smallest absolute Gasteiger partial charge is 0.237 e. The molecule has 0 radical (unpaired) electrons. The fourth-order valence-electron chi connectivity index (χ4n) is 1.04. The van der Waals surface area contributed by atoms with Gasteiger partial charge in [0.2, 0.25) is 5.91 Å². The molecule has 0 aliphatic carbocycles. The molecule has 4 heteroatoms. The van der Waals surface area contributed by atoms with Crippen LogP contribution in [-0.4, -0.2) is 36.5 Å². The van der Waals surface area contributed by atoms with Gasteiger partial charge in [0.1, 0.15) is 0 Å². The lowest BCUT2D eigenvalue weighted by atomic mass is 10.2. The van der Waals surface area contributed by atoms with Crippen LogP contribution in [0.4, 0.5) is 0 Å². The third kappa shape index (κ3) is 7.45. The molecule has 2 atom stereocenters. The van der Waals surface area contributed by atoms with Gasteiger partial charge in [-0.2, -0.15) is 11.8 Å². The lowest BCUT2D eigenvalue weighted by Gasteiger charge is -2.14. The molecular formula is C11H22N2OS. The maximum absolute atomic E-state index is 11.4. The zero-order chi connectivity index (χ0) is 11.7. The Morgan fingerprint density at radius 1 is 1.53 bits per heavy atom. The average Bonchev–Trinajstić information content (AvgIpc) is 2.25. The summed E-state index contributed by atoms with van der Waals surface area (Å²) in [5.41, 5.74) is 0. The highest BCUT2D eigenvalue weighted by Crippen LogP contribution is 2.07. The van der Waals surface area contributed by atoms with E-state index in [2.05, 4.69) is 30.4 Å². The molecule has 88 valence electrons. The summed E-state index contributed by atoms with van der Waals surface area (Å²) >= 11 is 1.84. The third-order valence-electron chi connectivity index (χ3n) is 2.22. The number of thioether (sulfide) groups is 1. The van der Waals surface area contributed by atoms with Crippen LogP contribution in [0.15, 0.2) is 12.7 Å². The van der Waals surface area contributed by atoms with E-state index in [0.717, 1.165) is 13.0 Å². The minimum atomic E-state index is -0.126. The van der Waals surface area contributed by atoms with Gasteiger partial charge in [-0.25, -0.2) is 0 Å². The largest absolute Gasteiger partial charge is 0.351 e. The molecule has 0 aliphatic heterocycles. The number of amides is 1. The highest BCUT2D eigenvalue weighted by Gasteiger charge is 2.10. The molecule has 0 aromatic heterocycles. The Morgan fingerprint density at radius 3 is 2.73 bits per heavy atom. The van der Waals surface area contributed by atoms with Gasteiger partial charge in [-0.3, -0.25) is 4.79 Å². The number of carbonyl (C=O) groups excluding carboxylic acids is 1. The maximum atomic E-state index is 11.4. The number of nitrogens with one attached hydrogen (secondary N) is 2. The summed E-state index contributed by atoms with van der Waals surface area (Å²) in [5.74, 6) is 0.0340. The first-order valence-corrected chi connectivity index (χ1v) is 6.55. The van der Waals surface area contributed by atoms with E-state index in [0.29, 0.717) is 11.8 Å². The number of hydrogen-bond acceptors (Lipinski definition) is 3. The summed E-state index contributed by atoms with van der Waals surface area (Å²) in [4.78, 5) is 11.4. The first-order valence-electron chi connectivity index (χ1n) is 5.26. The molecule has 3 nitrogen and oxygen atoms in total. The standard InChI is InChI=1S/C11H22N2OS/c1-5-7-13-11(14)10(3)12-8-6-9(2)15-4/h5,9-10,12H,1,6-8H2,2-4H3,(H,13,14). The second-order valence-corrected chi connectivity index (χ2v) is 4.82. The molecule has 0 spiro atoms. The Balaban J connectivity index is 3.59. The lowest BCUT2D eigenvalue weighted by molar-refractivity contribution is -0.122. The van der Waals surface area contributed by atoms with Crippen LogP contribution in [0.1, 0.15) is 20.3 Å². The van der Waals surface area contributed by atoms with E-state index in [1.807, 2.05) is 18.7 Å². The molecule has 1 amide bonds. The van der Waals surface area contributed by atoms with E-state index in [1.54, 1.807) is 6.08 Å². The SMILES string of the molecule is C=CCNC(=O)C(C)NCCC(C)SC. The zero-order valence-electron chi connectivity index (χ0n) is 9.88. The molecule has 0 saturated heterocycles. The van der Waals surface area contributed by atoms with E-state index >= 15 is 0 Å². The third-order valence-corrected chi connectivity index (χ3v) is 3.26. The lowest BCUT2D eigenvalue weighted by Crippen LogP contribution is -2.42. The van der Waals surface area contributed by atoms with Crippen molar-refractivity contribution in [1.82, 2.24) is 10.6 Å². The van der Waals surface area contributed by atoms with Crippen molar-refractivity contribution in [1.29, 1.82) is 0 Å². The van der Waals surface area contributed by atoms with Gasteiger partial charge < -0.3 is 10.6 Å². The zero-order valence-corrected chi connectivity index (χ0v) is 10.7. The van der Waals surface area contributed by atoms with Crippen molar-refractivity contribution in [3.05, 3.63) is 12.7 Å². The maximum Gasteiger partial charge on any atom is 0.237 e. The van der Waals surface area contributed by atoms with Crippen LogP contribution in [-0.2, 0) is 4.79 Å². The van der Waals surface area contributed by atoms with Crippen molar-refractivity contribution in [3.8, 4) is 0 Å². The Labute approximate surface area is 97.1 Å². The van der Waals surface area contributed by atoms with Crippen LogP contribution in [0, 0.1) is 0 Å². The van der Waals surface area contributed by atoms with Crippen molar-refractivity contribution in [2.24, 2.45) is 0 Å². The monoisotopic (exact) mass is 230 g/mol.